The van der Waals surface area contributed by atoms with Gasteiger partial charge in [-0.1, -0.05) is 13.3 Å². The molecule has 0 amide bonds. The summed E-state index contributed by atoms with van der Waals surface area (Å²) in [6, 6.07) is 0. The molecule has 0 unspecified atom stereocenters. The van der Waals surface area contributed by atoms with Crippen molar-refractivity contribution in [1.29, 1.82) is 0 Å². The fourth-order valence-electron chi connectivity index (χ4n) is 1.03. The predicted octanol–water partition coefficient (Wildman–Crippen LogP) is 1.77. The average molecular weight is 190 g/mol. The molecule has 0 aliphatic rings. The van der Waals surface area contributed by atoms with E-state index in [9.17, 15) is 0 Å². The van der Waals surface area contributed by atoms with Gasteiger partial charge in [-0.3, -0.25) is 0 Å². The molecule has 1 heterocycles. The number of nitrogens with zero attached hydrogens (tertiary/aromatic N) is 2. The molecule has 1 aromatic heterocycles. The van der Waals surface area contributed by atoms with Gasteiger partial charge in [0, 0.05) is 13.5 Å². The van der Waals surface area contributed by atoms with Crippen molar-refractivity contribution in [2.45, 2.75) is 26.2 Å². The molecule has 0 fully saturated rings. The van der Waals surface area contributed by atoms with Gasteiger partial charge in [-0.15, -0.1) is 12.4 Å². The molecule has 0 aromatic carbocycles. The van der Waals surface area contributed by atoms with Crippen molar-refractivity contribution in [2.24, 2.45) is 7.05 Å². The van der Waals surface area contributed by atoms with E-state index >= 15 is 0 Å². The lowest BCUT2D eigenvalue weighted by atomic mass is 10.2. The van der Waals surface area contributed by atoms with Crippen LogP contribution in [0.1, 0.15) is 25.6 Å². The number of imidazole rings is 1. The maximum Gasteiger partial charge on any atom is 0.123 e. The fraction of sp³-hybridized carbons (Fsp3) is 0.625. The monoisotopic (exact) mass is 189 g/mol. The van der Waals surface area contributed by atoms with E-state index in [4.69, 9.17) is 5.73 Å². The second kappa shape index (κ2) is 5.04. The first kappa shape index (κ1) is 11.3. The summed E-state index contributed by atoms with van der Waals surface area (Å²) in [4.78, 5) is 4.19. The van der Waals surface area contributed by atoms with Crippen molar-refractivity contribution >= 4 is 18.2 Å². The Labute approximate surface area is 79.4 Å². The van der Waals surface area contributed by atoms with Crippen molar-refractivity contribution in [1.82, 2.24) is 9.55 Å². The molecule has 0 spiro atoms. The smallest absolute Gasteiger partial charge is 0.123 e. The van der Waals surface area contributed by atoms with Crippen LogP contribution >= 0.6 is 12.4 Å². The van der Waals surface area contributed by atoms with Crippen molar-refractivity contribution in [3.63, 3.8) is 0 Å². The number of hydrogen-bond donors (Lipinski definition) is 1. The molecule has 0 radical (unpaired) electrons. The molecule has 0 saturated heterocycles. The molecule has 0 saturated carbocycles. The van der Waals surface area contributed by atoms with E-state index in [1.165, 1.54) is 12.8 Å². The largest absolute Gasteiger partial charge is 0.384 e. The number of hydrogen-bond acceptors (Lipinski definition) is 2. The number of halogens is 1. The van der Waals surface area contributed by atoms with Crippen LogP contribution in [0.25, 0.3) is 0 Å². The molecular weight excluding hydrogens is 174 g/mol. The summed E-state index contributed by atoms with van der Waals surface area (Å²) in [6.07, 6.45) is 5.13. The van der Waals surface area contributed by atoms with Gasteiger partial charge in [0.2, 0.25) is 0 Å². The van der Waals surface area contributed by atoms with Crippen LogP contribution in [-0.4, -0.2) is 9.55 Å². The summed E-state index contributed by atoms with van der Waals surface area (Å²) >= 11 is 0. The van der Waals surface area contributed by atoms with E-state index in [1.54, 1.807) is 6.20 Å². The molecule has 0 aliphatic heterocycles. The number of nitrogens with two attached hydrogens (primary N) is 1. The summed E-state index contributed by atoms with van der Waals surface area (Å²) in [5, 5.41) is 0. The Balaban J connectivity index is 0.00000121. The summed E-state index contributed by atoms with van der Waals surface area (Å²) in [6.45, 7) is 2.17. The highest BCUT2D eigenvalue weighted by Gasteiger charge is 2.01. The van der Waals surface area contributed by atoms with E-state index in [-0.39, 0.29) is 12.4 Å². The Kier molecular flexibility index (Phi) is 4.74. The number of aromatic nitrogens is 2. The van der Waals surface area contributed by atoms with Crippen molar-refractivity contribution < 1.29 is 0 Å². The van der Waals surface area contributed by atoms with E-state index in [1.807, 2.05) is 11.6 Å². The van der Waals surface area contributed by atoms with Gasteiger partial charge in [0.1, 0.15) is 11.6 Å². The Hall–Kier alpha value is -0.700. The normalized spacial score (nSPS) is 9.50. The number of anilines is 1. The fourth-order valence-corrected chi connectivity index (χ4v) is 1.03. The van der Waals surface area contributed by atoms with Crippen LogP contribution in [0.2, 0.25) is 0 Å². The standard InChI is InChI=1S/C8H15N3.ClH/c1-3-4-5-8-10-6-7(9)11(8)2;/h6H,3-5,9H2,1-2H3;1H. The van der Waals surface area contributed by atoms with Gasteiger partial charge >= 0.3 is 0 Å². The second-order valence-electron chi connectivity index (χ2n) is 2.76. The van der Waals surface area contributed by atoms with Crippen LogP contribution in [0.3, 0.4) is 0 Å². The predicted molar refractivity (Wildman–Crippen MR) is 53.5 cm³/mol. The number of aryl methyl sites for hydroxylation is 1. The summed E-state index contributed by atoms with van der Waals surface area (Å²) in [7, 11) is 1.95. The number of rotatable bonds is 3. The van der Waals surface area contributed by atoms with Gasteiger partial charge in [0.15, 0.2) is 0 Å². The first-order valence-corrected chi connectivity index (χ1v) is 4.01. The van der Waals surface area contributed by atoms with Crippen molar-refractivity contribution in [3.05, 3.63) is 12.0 Å². The van der Waals surface area contributed by atoms with Gasteiger partial charge in [-0.25, -0.2) is 4.98 Å². The maximum atomic E-state index is 5.61. The van der Waals surface area contributed by atoms with E-state index in [0.29, 0.717) is 0 Å². The van der Waals surface area contributed by atoms with Crippen LogP contribution in [-0.2, 0) is 13.5 Å². The molecule has 0 bridgehead atoms. The zero-order valence-electron chi connectivity index (χ0n) is 7.58. The van der Waals surface area contributed by atoms with Crippen molar-refractivity contribution in [2.75, 3.05) is 5.73 Å². The average Bonchev–Trinajstić information content (AvgIpc) is 2.31. The highest BCUT2D eigenvalue weighted by molar-refractivity contribution is 5.85. The first-order chi connectivity index (χ1) is 5.25. The van der Waals surface area contributed by atoms with Gasteiger partial charge < -0.3 is 10.3 Å². The molecule has 4 heteroatoms. The summed E-state index contributed by atoms with van der Waals surface area (Å²) in [5.74, 6) is 1.83. The minimum atomic E-state index is 0. The van der Waals surface area contributed by atoms with Gasteiger partial charge in [0.25, 0.3) is 0 Å². The maximum absolute atomic E-state index is 5.61. The highest BCUT2D eigenvalue weighted by Crippen LogP contribution is 2.06. The molecule has 2 N–H and O–H groups in total. The highest BCUT2D eigenvalue weighted by atomic mass is 35.5. The molecule has 0 atom stereocenters. The van der Waals surface area contributed by atoms with E-state index in [0.717, 1.165) is 18.1 Å². The lowest BCUT2D eigenvalue weighted by Crippen LogP contribution is -2.01. The molecular formula is C8H16ClN3. The topological polar surface area (TPSA) is 43.8 Å². The molecule has 1 aromatic rings. The Morgan fingerprint density at radius 3 is 2.67 bits per heavy atom. The number of nitrogen functional groups attached to an aromatic ring is 1. The van der Waals surface area contributed by atoms with Gasteiger partial charge in [0.05, 0.1) is 6.20 Å². The van der Waals surface area contributed by atoms with Gasteiger partial charge in [-0.2, -0.15) is 0 Å². The minimum absolute atomic E-state index is 0. The van der Waals surface area contributed by atoms with E-state index < -0.39 is 0 Å². The van der Waals surface area contributed by atoms with Crippen LogP contribution in [0.15, 0.2) is 6.20 Å². The zero-order chi connectivity index (χ0) is 8.27. The molecule has 70 valence electrons. The van der Waals surface area contributed by atoms with Gasteiger partial charge in [-0.05, 0) is 6.42 Å². The third-order valence-electron chi connectivity index (χ3n) is 1.87. The first-order valence-electron chi connectivity index (χ1n) is 4.01. The van der Waals surface area contributed by atoms with Crippen molar-refractivity contribution in [3.8, 4) is 0 Å². The zero-order valence-corrected chi connectivity index (χ0v) is 8.40. The number of unbranched alkanes of at least 4 members (excludes halogenated alkanes) is 1. The summed E-state index contributed by atoms with van der Waals surface area (Å²) < 4.78 is 1.94. The Bertz CT molecular complexity index is 232. The minimum Gasteiger partial charge on any atom is -0.384 e. The third-order valence-corrected chi connectivity index (χ3v) is 1.87. The molecule has 3 nitrogen and oxygen atoms in total. The lowest BCUT2D eigenvalue weighted by molar-refractivity contribution is 0.715. The molecule has 0 aliphatic carbocycles. The SMILES string of the molecule is CCCCc1ncc(N)n1C.Cl. The quantitative estimate of drug-likeness (QED) is 0.788. The van der Waals surface area contributed by atoms with Crippen LogP contribution in [0.5, 0.6) is 0 Å². The lowest BCUT2D eigenvalue weighted by Gasteiger charge is -2.00. The second-order valence-corrected chi connectivity index (χ2v) is 2.76. The molecule has 1 rings (SSSR count). The van der Waals surface area contributed by atoms with E-state index in [2.05, 4.69) is 11.9 Å². The molecule has 12 heavy (non-hydrogen) atoms. The van der Waals surface area contributed by atoms with Crippen LogP contribution < -0.4 is 5.73 Å². The van der Waals surface area contributed by atoms with Crippen LogP contribution in [0.4, 0.5) is 5.82 Å². The third kappa shape index (κ3) is 2.41. The Morgan fingerprint density at radius 2 is 2.25 bits per heavy atom. The summed E-state index contributed by atoms with van der Waals surface area (Å²) in [5.41, 5.74) is 5.61. The Morgan fingerprint density at radius 1 is 1.58 bits per heavy atom. The van der Waals surface area contributed by atoms with Crippen LogP contribution in [0, 0.1) is 0 Å².